The molecule has 4 rings (SSSR count). The van der Waals surface area contributed by atoms with E-state index in [2.05, 4.69) is 4.57 Å². The molecule has 0 radical (unpaired) electrons. The van der Waals surface area contributed by atoms with Crippen LogP contribution in [0.1, 0.15) is 27.3 Å². The van der Waals surface area contributed by atoms with Gasteiger partial charge in [-0.05, 0) is 44.5 Å². The number of fused-ring (bicyclic) bond motifs is 1. The van der Waals surface area contributed by atoms with Gasteiger partial charge < -0.3 is 14.0 Å². The van der Waals surface area contributed by atoms with Crippen molar-refractivity contribution in [1.29, 1.82) is 0 Å². The Bertz CT molecular complexity index is 1010. The molecule has 144 valence electrons. The van der Waals surface area contributed by atoms with Crippen LogP contribution in [-0.4, -0.2) is 23.1 Å². The highest BCUT2D eigenvalue weighted by molar-refractivity contribution is 5.96. The molecule has 1 aliphatic heterocycles. The maximum Gasteiger partial charge on any atom is 0.229 e. The van der Waals surface area contributed by atoms with Gasteiger partial charge in [-0.25, -0.2) is 0 Å². The third-order valence-corrected chi connectivity index (χ3v) is 5.21. The van der Waals surface area contributed by atoms with Crippen molar-refractivity contribution in [3.05, 3.63) is 77.4 Å². The number of para-hydroxylation sites is 2. The fourth-order valence-corrected chi connectivity index (χ4v) is 3.61. The second-order valence-electron chi connectivity index (χ2n) is 7.36. The Balaban J connectivity index is 1.50. The Kier molecular flexibility index (Phi) is 4.90. The van der Waals surface area contributed by atoms with E-state index in [9.17, 15) is 4.79 Å². The van der Waals surface area contributed by atoms with E-state index in [0.29, 0.717) is 19.7 Å². The first-order valence-electron chi connectivity index (χ1n) is 9.55. The molecule has 0 amide bonds. The lowest BCUT2D eigenvalue weighted by Crippen LogP contribution is -2.37. The number of nitrogens with zero attached hydrogens (tertiary/aromatic N) is 2. The summed E-state index contributed by atoms with van der Waals surface area (Å²) in [4.78, 5) is 12.9. The number of hydrogen-bond acceptors (Lipinski definition) is 3. The molecule has 3 heterocycles. The second-order valence-corrected chi connectivity index (χ2v) is 7.36. The molecule has 0 unspecified atom stereocenters. The second kappa shape index (κ2) is 7.50. The van der Waals surface area contributed by atoms with Gasteiger partial charge in [0.05, 0.1) is 6.54 Å². The number of aryl methyl sites for hydroxylation is 2. The van der Waals surface area contributed by atoms with Crippen LogP contribution in [-0.2, 0) is 13.1 Å². The van der Waals surface area contributed by atoms with Gasteiger partial charge in [0.25, 0.3) is 0 Å². The number of aromatic nitrogens is 2. The Morgan fingerprint density at radius 3 is 2.57 bits per heavy atom. The normalized spacial score (nSPS) is 15.5. The van der Waals surface area contributed by atoms with Gasteiger partial charge in [0.2, 0.25) is 12.3 Å². The largest absolute Gasteiger partial charge is 0.486 e. The molecule has 2 aromatic heterocycles. The number of carbonyl (C=O) groups excluding carboxylic acids is 1. The molecule has 3 aromatic rings. The molecule has 1 atom stereocenters. The van der Waals surface area contributed by atoms with Crippen LogP contribution < -0.4 is 14.0 Å². The van der Waals surface area contributed by atoms with Gasteiger partial charge in [-0.3, -0.25) is 4.79 Å². The highest BCUT2D eigenvalue weighted by atomic mass is 16.6. The number of rotatable bonds is 5. The van der Waals surface area contributed by atoms with Crippen molar-refractivity contribution in [2.45, 2.75) is 40.0 Å². The highest BCUT2D eigenvalue weighted by Gasteiger charge is 2.24. The monoisotopic (exact) mass is 377 g/mol. The van der Waals surface area contributed by atoms with Crippen molar-refractivity contribution in [2.24, 2.45) is 0 Å². The van der Waals surface area contributed by atoms with E-state index < -0.39 is 0 Å². The number of ether oxygens (including phenoxy) is 2. The SMILES string of the molecule is Cc1cc[n+](CC(=O)c2cc(C)n(C[C@@H]3COc4ccccc4O3)c2C)cc1. The maximum atomic E-state index is 12.9. The predicted octanol–water partition coefficient (Wildman–Crippen LogP) is 3.42. The average molecular weight is 377 g/mol. The summed E-state index contributed by atoms with van der Waals surface area (Å²) in [6, 6.07) is 13.7. The summed E-state index contributed by atoms with van der Waals surface area (Å²) in [5, 5.41) is 0. The third kappa shape index (κ3) is 3.65. The lowest BCUT2D eigenvalue weighted by Gasteiger charge is -2.27. The van der Waals surface area contributed by atoms with Gasteiger partial charge in [0.15, 0.2) is 30.0 Å². The minimum absolute atomic E-state index is 0.0888. The van der Waals surface area contributed by atoms with Crippen LogP contribution >= 0.6 is 0 Å². The fourth-order valence-electron chi connectivity index (χ4n) is 3.61. The van der Waals surface area contributed by atoms with Crippen molar-refractivity contribution in [3.63, 3.8) is 0 Å². The van der Waals surface area contributed by atoms with Crippen LogP contribution in [0.5, 0.6) is 11.5 Å². The standard InChI is InChI=1S/C23H25N2O3/c1-16-8-10-24(11-9-16)14-21(26)20-12-17(2)25(18(20)3)13-19-15-27-22-6-4-5-7-23(22)28-19/h4-12,19H,13-15H2,1-3H3/q+1/t19-/m1/s1. The molecule has 0 N–H and O–H groups in total. The Labute approximate surface area is 165 Å². The van der Waals surface area contributed by atoms with Gasteiger partial charge in [0.1, 0.15) is 6.61 Å². The summed E-state index contributed by atoms with van der Waals surface area (Å²) in [6.07, 6.45) is 3.79. The molecule has 1 aliphatic rings. The van der Waals surface area contributed by atoms with E-state index in [-0.39, 0.29) is 11.9 Å². The number of pyridine rings is 1. The summed E-state index contributed by atoms with van der Waals surface area (Å²) in [5.74, 6) is 1.67. The van der Waals surface area contributed by atoms with E-state index >= 15 is 0 Å². The summed E-state index contributed by atoms with van der Waals surface area (Å²) < 4.78 is 16.0. The van der Waals surface area contributed by atoms with E-state index in [1.165, 1.54) is 5.56 Å². The van der Waals surface area contributed by atoms with Crippen molar-refractivity contribution in [3.8, 4) is 11.5 Å². The number of carbonyl (C=O) groups is 1. The molecular formula is C23H25N2O3+. The average Bonchev–Trinajstić information content (AvgIpc) is 2.98. The number of benzene rings is 1. The number of ketones is 1. The molecule has 0 saturated carbocycles. The molecule has 0 saturated heterocycles. The van der Waals surface area contributed by atoms with Gasteiger partial charge in [-0.2, -0.15) is 4.57 Å². The predicted molar refractivity (Wildman–Crippen MR) is 106 cm³/mol. The van der Waals surface area contributed by atoms with Crippen LogP contribution in [0.4, 0.5) is 0 Å². The van der Waals surface area contributed by atoms with Crippen LogP contribution in [0.2, 0.25) is 0 Å². The maximum absolute atomic E-state index is 12.9. The lowest BCUT2D eigenvalue weighted by molar-refractivity contribution is -0.683. The Hall–Kier alpha value is -3.08. The summed E-state index contributed by atoms with van der Waals surface area (Å²) in [5.41, 5.74) is 3.97. The van der Waals surface area contributed by atoms with Crippen molar-refractivity contribution in [2.75, 3.05) is 6.61 Å². The van der Waals surface area contributed by atoms with E-state index in [1.54, 1.807) is 0 Å². The Morgan fingerprint density at radius 1 is 1.11 bits per heavy atom. The number of hydrogen-bond donors (Lipinski definition) is 0. The quantitative estimate of drug-likeness (QED) is 0.505. The molecule has 0 spiro atoms. The molecule has 28 heavy (non-hydrogen) atoms. The minimum atomic E-state index is -0.0888. The first-order chi connectivity index (χ1) is 13.5. The van der Waals surface area contributed by atoms with Gasteiger partial charge in [-0.15, -0.1) is 0 Å². The topological polar surface area (TPSA) is 44.3 Å². The molecule has 0 fully saturated rings. The van der Waals surface area contributed by atoms with Crippen molar-refractivity contribution < 1.29 is 18.8 Å². The fraction of sp³-hybridized carbons (Fsp3) is 0.304. The van der Waals surface area contributed by atoms with Crippen LogP contribution in [0.25, 0.3) is 0 Å². The smallest absolute Gasteiger partial charge is 0.229 e. The minimum Gasteiger partial charge on any atom is -0.486 e. The molecule has 1 aromatic carbocycles. The highest BCUT2D eigenvalue weighted by Crippen LogP contribution is 2.31. The van der Waals surface area contributed by atoms with Crippen molar-refractivity contribution >= 4 is 5.78 Å². The first kappa shape index (κ1) is 18.3. The zero-order chi connectivity index (χ0) is 19.7. The molecule has 0 aliphatic carbocycles. The summed E-state index contributed by atoms with van der Waals surface area (Å²) in [6.45, 7) is 7.54. The van der Waals surface area contributed by atoms with E-state index in [1.807, 2.05) is 80.2 Å². The van der Waals surface area contributed by atoms with Crippen molar-refractivity contribution in [1.82, 2.24) is 4.57 Å². The summed E-state index contributed by atoms with van der Waals surface area (Å²) >= 11 is 0. The summed E-state index contributed by atoms with van der Waals surface area (Å²) in [7, 11) is 0. The molecular weight excluding hydrogens is 352 g/mol. The first-order valence-corrected chi connectivity index (χ1v) is 9.55. The van der Waals surface area contributed by atoms with Gasteiger partial charge in [0, 0.05) is 29.1 Å². The molecule has 5 nitrogen and oxygen atoms in total. The number of Topliss-reactive ketones (excluding diaryl/α,β-unsaturated/α-hetero) is 1. The molecule has 0 bridgehead atoms. The van der Waals surface area contributed by atoms with Gasteiger partial charge >= 0.3 is 0 Å². The molecule has 5 heteroatoms. The lowest BCUT2D eigenvalue weighted by atomic mass is 10.1. The van der Waals surface area contributed by atoms with E-state index in [4.69, 9.17) is 9.47 Å². The third-order valence-electron chi connectivity index (χ3n) is 5.21. The van der Waals surface area contributed by atoms with Crippen LogP contribution in [0, 0.1) is 20.8 Å². The zero-order valence-electron chi connectivity index (χ0n) is 16.5. The van der Waals surface area contributed by atoms with E-state index in [0.717, 1.165) is 28.5 Å². The Morgan fingerprint density at radius 2 is 1.82 bits per heavy atom. The van der Waals surface area contributed by atoms with Crippen LogP contribution in [0.3, 0.4) is 0 Å². The van der Waals surface area contributed by atoms with Crippen LogP contribution in [0.15, 0.2) is 54.9 Å². The van der Waals surface area contributed by atoms with Gasteiger partial charge in [-0.1, -0.05) is 12.1 Å². The zero-order valence-corrected chi connectivity index (χ0v) is 16.5.